The molecule has 0 radical (unpaired) electrons. The van der Waals surface area contributed by atoms with E-state index in [9.17, 15) is 15.0 Å². The number of nitrogens with zero attached hydrogens (tertiary/aromatic N) is 2. The third-order valence-electron chi connectivity index (χ3n) is 4.73. The molecule has 2 aromatic heterocycles. The lowest BCUT2D eigenvalue weighted by Crippen LogP contribution is -2.52. The quantitative estimate of drug-likeness (QED) is 0.753. The van der Waals surface area contributed by atoms with Crippen molar-refractivity contribution in [3.63, 3.8) is 0 Å². The minimum atomic E-state index is -0.662. The molecular formula is C14H15N3O3S. The van der Waals surface area contributed by atoms with E-state index in [0.29, 0.717) is 18.5 Å². The molecule has 4 rings (SSSR count). The zero-order chi connectivity index (χ0) is 14.6. The second-order valence-corrected chi connectivity index (χ2v) is 6.69. The molecule has 0 saturated heterocycles. The summed E-state index contributed by atoms with van der Waals surface area (Å²) in [6.07, 6.45) is 1.36. The van der Waals surface area contributed by atoms with E-state index in [2.05, 4.69) is 15.3 Å². The molecule has 1 amide bonds. The van der Waals surface area contributed by atoms with Gasteiger partial charge < -0.3 is 15.5 Å². The predicted octanol–water partition coefficient (Wildman–Crippen LogP) is 0.551. The van der Waals surface area contributed by atoms with Crippen molar-refractivity contribution in [1.29, 1.82) is 0 Å². The average Bonchev–Trinajstić information content (AvgIpc) is 3.02. The van der Waals surface area contributed by atoms with Gasteiger partial charge >= 0.3 is 0 Å². The lowest BCUT2D eigenvalue weighted by atomic mass is 9.71. The Kier molecular flexibility index (Phi) is 2.95. The van der Waals surface area contributed by atoms with Crippen LogP contribution < -0.4 is 5.32 Å². The van der Waals surface area contributed by atoms with Crippen molar-refractivity contribution in [2.75, 3.05) is 0 Å². The monoisotopic (exact) mass is 305 g/mol. The van der Waals surface area contributed by atoms with Crippen LogP contribution in [-0.2, 0) is 0 Å². The standard InChI is InChI=1S/C14H15N3O3S/c18-10-4-7-8(12(10)19)3-9(7)17-13(20)11-6-1-2-21-14(6)16-5-15-11/h1-2,5,7-10,12,18-19H,3-4H2,(H,17,20)/t7-,8-,9+,10-,12+/m1/s1. The molecule has 2 aliphatic carbocycles. The number of hydrogen-bond donors (Lipinski definition) is 3. The van der Waals surface area contributed by atoms with Crippen molar-refractivity contribution < 1.29 is 15.0 Å². The fourth-order valence-electron chi connectivity index (χ4n) is 3.55. The summed E-state index contributed by atoms with van der Waals surface area (Å²) in [6, 6.07) is 1.86. The van der Waals surface area contributed by atoms with E-state index in [0.717, 1.165) is 10.2 Å². The van der Waals surface area contributed by atoms with Crippen LogP contribution >= 0.6 is 11.3 Å². The number of carbonyl (C=O) groups excluding carboxylic acids is 1. The number of fused-ring (bicyclic) bond motifs is 2. The fourth-order valence-corrected chi connectivity index (χ4v) is 4.29. The number of hydrogen-bond acceptors (Lipinski definition) is 6. The fraction of sp³-hybridized carbons (Fsp3) is 0.500. The van der Waals surface area contributed by atoms with Gasteiger partial charge in [0.15, 0.2) is 0 Å². The SMILES string of the molecule is O=C(N[C@H]1C[C@H]2[C@H](O)[C@H](O)C[C@H]21)c1ncnc2sccc12. The van der Waals surface area contributed by atoms with Crippen molar-refractivity contribution in [2.45, 2.75) is 31.1 Å². The molecule has 0 spiro atoms. The van der Waals surface area contributed by atoms with Crippen LogP contribution in [0.2, 0.25) is 0 Å². The highest BCUT2D eigenvalue weighted by atomic mass is 32.1. The Hall–Kier alpha value is -1.57. The molecule has 2 fully saturated rings. The number of amides is 1. The summed E-state index contributed by atoms with van der Waals surface area (Å²) in [5.74, 6) is 0.0655. The Morgan fingerprint density at radius 2 is 2.14 bits per heavy atom. The van der Waals surface area contributed by atoms with E-state index < -0.39 is 12.2 Å². The number of nitrogens with one attached hydrogen (secondary N) is 1. The number of rotatable bonds is 2. The van der Waals surface area contributed by atoms with E-state index in [1.54, 1.807) is 0 Å². The topological polar surface area (TPSA) is 95.3 Å². The van der Waals surface area contributed by atoms with Gasteiger partial charge in [-0.05, 0) is 36.1 Å². The van der Waals surface area contributed by atoms with Gasteiger partial charge in [-0.2, -0.15) is 0 Å². The molecule has 7 heteroatoms. The molecule has 2 heterocycles. The van der Waals surface area contributed by atoms with Gasteiger partial charge in [0.25, 0.3) is 5.91 Å². The van der Waals surface area contributed by atoms with E-state index in [4.69, 9.17) is 0 Å². The summed E-state index contributed by atoms with van der Waals surface area (Å²) in [7, 11) is 0. The van der Waals surface area contributed by atoms with Crippen molar-refractivity contribution >= 4 is 27.5 Å². The minimum absolute atomic E-state index is 0.0120. The zero-order valence-electron chi connectivity index (χ0n) is 11.1. The smallest absolute Gasteiger partial charge is 0.270 e. The molecule has 0 aromatic carbocycles. The minimum Gasteiger partial charge on any atom is -0.390 e. The highest BCUT2D eigenvalue weighted by Crippen LogP contribution is 2.47. The molecule has 0 bridgehead atoms. The van der Waals surface area contributed by atoms with Gasteiger partial charge in [0.2, 0.25) is 0 Å². The van der Waals surface area contributed by atoms with Crippen LogP contribution in [0.15, 0.2) is 17.8 Å². The van der Waals surface area contributed by atoms with Crippen molar-refractivity contribution in [2.24, 2.45) is 11.8 Å². The Labute approximate surface area is 124 Å². The maximum atomic E-state index is 12.4. The highest BCUT2D eigenvalue weighted by Gasteiger charge is 2.53. The normalized spacial score (nSPS) is 34.5. The summed E-state index contributed by atoms with van der Waals surface area (Å²) in [6.45, 7) is 0. The lowest BCUT2D eigenvalue weighted by Gasteiger charge is -2.41. The number of aliphatic hydroxyl groups excluding tert-OH is 2. The zero-order valence-corrected chi connectivity index (χ0v) is 12.0. The molecule has 21 heavy (non-hydrogen) atoms. The van der Waals surface area contributed by atoms with Crippen molar-refractivity contribution in [1.82, 2.24) is 15.3 Å². The molecule has 6 nitrogen and oxygen atoms in total. The Morgan fingerprint density at radius 1 is 1.29 bits per heavy atom. The van der Waals surface area contributed by atoms with Crippen LogP contribution in [0.5, 0.6) is 0 Å². The predicted molar refractivity (Wildman–Crippen MR) is 76.9 cm³/mol. The second-order valence-electron chi connectivity index (χ2n) is 5.80. The second kappa shape index (κ2) is 4.72. The molecule has 0 aliphatic heterocycles. The summed E-state index contributed by atoms with van der Waals surface area (Å²) >= 11 is 1.48. The summed E-state index contributed by atoms with van der Waals surface area (Å²) in [4.78, 5) is 21.4. The third kappa shape index (κ3) is 1.96. The van der Waals surface area contributed by atoms with Gasteiger partial charge in [-0.15, -0.1) is 11.3 Å². The first kappa shape index (κ1) is 13.1. The molecule has 2 saturated carbocycles. The first-order valence-corrected chi connectivity index (χ1v) is 7.88. The van der Waals surface area contributed by atoms with Crippen LogP contribution in [-0.4, -0.2) is 44.3 Å². The van der Waals surface area contributed by atoms with E-state index in [1.165, 1.54) is 17.7 Å². The maximum Gasteiger partial charge on any atom is 0.270 e. The van der Waals surface area contributed by atoms with Gasteiger partial charge in [0, 0.05) is 11.4 Å². The van der Waals surface area contributed by atoms with E-state index >= 15 is 0 Å². The van der Waals surface area contributed by atoms with Crippen LogP contribution in [0.4, 0.5) is 0 Å². The average molecular weight is 305 g/mol. The van der Waals surface area contributed by atoms with Crippen LogP contribution in [0, 0.1) is 11.8 Å². The maximum absolute atomic E-state index is 12.4. The number of carbonyl (C=O) groups is 1. The Bertz CT molecular complexity index is 704. The third-order valence-corrected chi connectivity index (χ3v) is 5.55. The summed E-state index contributed by atoms with van der Waals surface area (Å²) < 4.78 is 0. The van der Waals surface area contributed by atoms with Gasteiger partial charge in [0.1, 0.15) is 16.9 Å². The number of aromatic nitrogens is 2. The molecular weight excluding hydrogens is 290 g/mol. The largest absolute Gasteiger partial charge is 0.390 e. The summed E-state index contributed by atoms with van der Waals surface area (Å²) in [5.41, 5.74) is 0.392. The van der Waals surface area contributed by atoms with E-state index in [1.807, 2.05) is 11.4 Å². The lowest BCUT2D eigenvalue weighted by molar-refractivity contribution is -0.00459. The molecule has 5 atom stereocenters. The Morgan fingerprint density at radius 3 is 2.95 bits per heavy atom. The van der Waals surface area contributed by atoms with E-state index in [-0.39, 0.29) is 23.8 Å². The number of thiophene rings is 1. The van der Waals surface area contributed by atoms with Gasteiger partial charge in [-0.3, -0.25) is 4.79 Å². The first-order valence-electron chi connectivity index (χ1n) is 7.00. The molecule has 0 unspecified atom stereocenters. The molecule has 2 aliphatic rings. The summed E-state index contributed by atoms with van der Waals surface area (Å²) in [5, 5.41) is 25.1. The Balaban J connectivity index is 1.51. The van der Waals surface area contributed by atoms with Crippen LogP contribution in [0.3, 0.4) is 0 Å². The number of aliphatic hydroxyl groups is 2. The van der Waals surface area contributed by atoms with Crippen molar-refractivity contribution in [3.05, 3.63) is 23.5 Å². The van der Waals surface area contributed by atoms with Crippen LogP contribution in [0.25, 0.3) is 10.2 Å². The van der Waals surface area contributed by atoms with Crippen molar-refractivity contribution in [3.8, 4) is 0 Å². The molecule has 2 aromatic rings. The molecule has 3 N–H and O–H groups in total. The van der Waals surface area contributed by atoms with Crippen LogP contribution in [0.1, 0.15) is 23.3 Å². The van der Waals surface area contributed by atoms with Gasteiger partial charge in [0.05, 0.1) is 12.2 Å². The highest BCUT2D eigenvalue weighted by molar-refractivity contribution is 7.16. The van der Waals surface area contributed by atoms with Gasteiger partial charge in [-0.25, -0.2) is 9.97 Å². The molecule has 110 valence electrons. The van der Waals surface area contributed by atoms with Gasteiger partial charge in [-0.1, -0.05) is 0 Å². The first-order chi connectivity index (χ1) is 10.1.